The molecule has 0 atom stereocenters. The largest absolute Gasteiger partial charge is 0.494 e. The first kappa shape index (κ1) is 17.0. The molecular formula is C18H31NO. The van der Waals surface area contributed by atoms with Crippen LogP contribution in [0.25, 0.3) is 0 Å². The average Bonchev–Trinajstić information content (AvgIpc) is 2.29. The zero-order valence-electron chi connectivity index (χ0n) is 14.3. The van der Waals surface area contributed by atoms with Crippen LogP contribution in [0.4, 0.5) is 0 Å². The second kappa shape index (κ2) is 6.62. The van der Waals surface area contributed by atoms with Crippen LogP contribution >= 0.6 is 0 Å². The predicted molar refractivity (Wildman–Crippen MR) is 87.7 cm³/mol. The Kier molecular flexibility index (Phi) is 5.64. The first-order valence-corrected chi connectivity index (χ1v) is 7.65. The summed E-state index contributed by atoms with van der Waals surface area (Å²) in [5.74, 6) is 1.03. The van der Waals surface area contributed by atoms with E-state index in [0.717, 1.165) is 18.7 Å². The fraction of sp³-hybridized carbons (Fsp3) is 0.667. The first-order valence-electron chi connectivity index (χ1n) is 7.65. The van der Waals surface area contributed by atoms with E-state index in [9.17, 15) is 0 Å². The lowest BCUT2D eigenvalue weighted by Gasteiger charge is -2.30. The Bertz CT molecular complexity index is 430. The summed E-state index contributed by atoms with van der Waals surface area (Å²) in [4.78, 5) is 0. The van der Waals surface area contributed by atoms with Gasteiger partial charge >= 0.3 is 0 Å². The second-order valence-corrected chi connectivity index (χ2v) is 7.24. The van der Waals surface area contributed by atoms with E-state index >= 15 is 0 Å². The minimum atomic E-state index is 0.106. The second-order valence-electron chi connectivity index (χ2n) is 7.24. The SMILES string of the molecule is CCOc1ccc(C)cc1C(C)(C)CCNC(C)(C)C. The van der Waals surface area contributed by atoms with E-state index in [1.807, 2.05) is 6.92 Å². The Balaban J connectivity index is 2.87. The number of rotatable bonds is 6. The molecule has 0 aliphatic rings. The van der Waals surface area contributed by atoms with Crippen molar-refractivity contribution in [1.82, 2.24) is 5.32 Å². The van der Waals surface area contributed by atoms with Crippen LogP contribution in [0.15, 0.2) is 18.2 Å². The Morgan fingerprint density at radius 3 is 2.30 bits per heavy atom. The molecule has 0 heterocycles. The maximum atomic E-state index is 5.81. The summed E-state index contributed by atoms with van der Waals surface area (Å²) >= 11 is 0. The topological polar surface area (TPSA) is 21.3 Å². The van der Waals surface area contributed by atoms with E-state index in [1.54, 1.807) is 0 Å². The quantitative estimate of drug-likeness (QED) is 0.829. The standard InChI is InChI=1S/C18H31NO/c1-8-20-16-10-9-14(2)13-15(16)18(6,7)11-12-19-17(3,4)5/h9-10,13,19H,8,11-12H2,1-7H3. The molecule has 0 unspecified atom stereocenters. The van der Waals surface area contributed by atoms with Gasteiger partial charge in [0, 0.05) is 11.1 Å². The molecule has 1 rings (SSSR count). The molecule has 0 fully saturated rings. The monoisotopic (exact) mass is 277 g/mol. The molecule has 0 aliphatic carbocycles. The van der Waals surface area contributed by atoms with Crippen LogP contribution in [0.1, 0.15) is 59.1 Å². The third kappa shape index (κ3) is 5.16. The van der Waals surface area contributed by atoms with E-state index in [4.69, 9.17) is 4.74 Å². The van der Waals surface area contributed by atoms with Gasteiger partial charge in [-0.3, -0.25) is 0 Å². The fourth-order valence-corrected chi connectivity index (χ4v) is 2.34. The molecule has 0 amide bonds. The normalized spacial score (nSPS) is 12.6. The summed E-state index contributed by atoms with van der Waals surface area (Å²) in [5, 5.41) is 3.57. The van der Waals surface area contributed by atoms with Crippen molar-refractivity contribution in [2.75, 3.05) is 13.2 Å². The number of hydrogen-bond acceptors (Lipinski definition) is 2. The van der Waals surface area contributed by atoms with Gasteiger partial charge < -0.3 is 10.1 Å². The molecule has 0 aliphatic heterocycles. The average molecular weight is 277 g/mol. The lowest BCUT2D eigenvalue weighted by molar-refractivity contribution is 0.320. The van der Waals surface area contributed by atoms with Gasteiger partial charge in [0.1, 0.15) is 5.75 Å². The summed E-state index contributed by atoms with van der Waals surface area (Å²) < 4.78 is 5.81. The molecule has 114 valence electrons. The smallest absolute Gasteiger partial charge is 0.123 e. The van der Waals surface area contributed by atoms with Crippen LogP contribution in [0.5, 0.6) is 5.75 Å². The van der Waals surface area contributed by atoms with Crippen LogP contribution in [-0.4, -0.2) is 18.7 Å². The van der Waals surface area contributed by atoms with Crippen molar-refractivity contribution in [1.29, 1.82) is 0 Å². The fourth-order valence-electron chi connectivity index (χ4n) is 2.34. The Morgan fingerprint density at radius 1 is 1.10 bits per heavy atom. The van der Waals surface area contributed by atoms with Gasteiger partial charge in [-0.1, -0.05) is 31.5 Å². The third-order valence-corrected chi connectivity index (χ3v) is 3.57. The van der Waals surface area contributed by atoms with Crippen LogP contribution in [0, 0.1) is 6.92 Å². The molecule has 2 heteroatoms. The maximum Gasteiger partial charge on any atom is 0.123 e. The van der Waals surface area contributed by atoms with Gasteiger partial charge in [0.15, 0.2) is 0 Å². The van der Waals surface area contributed by atoms with Crippen molar-refractivity contribution in [3.05, 3.63) is 29.3 Å². The number of aryl methyl sites for hydroxylation is 1. The zero-order chi connectivity index (χ0) is 15.4. The molecule has 0 spiro atoms. The molecule has 1 aromatic carbocycles. The van der Waals surface area contributed by atoms with Crippen LogP contribution < -0.4 is 10.1 Å². The van der Waals surface area contributed by atoms with Gasteiger partial charge in [-0.2, -0.15) is 0 Å². The van der Waals surface area contributed by atoms with Gasteiger partial charge in [0.2, 0.25) is 0 Å². The molecule has 0 saturated carbocycles. The molecule has 0 radical (unpaired) electrons. The highest BCUT2D eigenvalue weighted by Gasteiger charge is 2.25. The van der Waals surface area contributed by atoms with Crippen molar-refractivity contribution < 1.29 is 4.74 Å². The minimum absolute atomic E-state index is 0.106. The number of hydrogen-bond donors (Lipinski definition) is 1. The maximum absolute atomic E-state index is 5.81. The van der Waals surface area contributed by atoms with Gasteiger partial charge in [0.05, 0.1) is 6.61 Å². The summed E-state index contributed by atoms with van der Waals surface area (Å²) in [6, 6.07) is 6.49. The highest BCUT2D eigenvalue weighted by molar-refractivity contribution is 5.41. The van der Waals surface area contributed by atoms with Gasteiger partial charge in [0.25, 0.3) is 0 Å². The summed E-state index contributed by atoms with van der Waals surface area (Å²) in [5.41, 5.74) is 2.88. The molecule has 0 saturated heterocycles. The Morgan fingerprint density at radius 2 is 1.75 bits per heavy atom. The number of ether oxygens (including phenoxy) is 1. The van der Waals surface area contributed by atoms with Crippen molar-refractivity contribution in [2.45, 2.75) is 65.8 Å². The van der Waals surface area contributed by atoms with Crippen molar-refractivity contribution in [3.63, 3.8) is 0 Å². The van der Waals surface area contributed by atoms with Gasteiger partial charge in [-0.15, -0.1) is 0 Å². The highest BCUT2D eigenvalue weighted by Crippen LogP contribution is 2.35. The molecule has 20 heavy (non-hydrogen) atoms. The predicted octanol–water partition coefficient (Wildman–Crippen LogP) is 4.45. The number of benzene rings is 1. The molecule has 2 nitrogen and oxygen atoms in total. The number of nitrogens with one attached hydrogen (secondary N) is 1. The van der Waals surface area contributed by atoms with E-state index in [0.29, 0.717) is 6.61 Å². The van der Waals surface area contributed by atoms with Crippen molar-refractivity contribution >= 4 is 0 Å². The lowest BCUT2D eigenvalue weighted by Crippen LogP contribution is -2.38. The molecule has 1 aromatic rings. The zero-order valence-corrected chi connectivity index (χ0v) is 14.3. The van der Waals surface area contributed by atoms with Crippen molar-refractivity contribution in [3.8, 4) is 5.75 Å². The van der Waals surface area contributed by atoms with Crippen LogP contribution in [-0.2, 0) is 5.41 Å². The molecule has 0 bridgehead atoms. The summed E-state index contributed by atoms with van der Waals surface area (Å²) in [6.07, 6.45) is 1.09. The van der Waals surface area contributed by atoms with E-state index < -0.39 is 0 Å². The lowest BCUT2D eigenvalue weighted by atomic mass is 9.80. The van der Waals surface area contributed by atoms with E-state index in [1.165, 1.54) is 11.1 Å². The van der Waals surface area contributed by atoms with Gasteiger partial charge in [-0.25, -0.2) is 0 Å². The summed E-state index contributed by atoms with van der Waals surface area (Å²) in [6.45, 7) is 17.1. The Labute approximate surface area is 124 Å². The Hall–Kier alpha value is -1.02. The van der Waals surface area contributed by atoms with Crippen molar-refractivity contribution in [2.24, 2.45) is 0 Å². The van der Waals surface area contributed by atoms with E-state index in [2.05, 4.69) is 65.1 Å². The highest BCUT2D eigenvalue weighted by atomic mass is 16.5. The first-order chi connectivity index (χ1) is 9.15. The van der Waals surface area contributed by atoms with E-state index in [-0.39, 0.29) is 11.0 Å². The third-order valence-electron chi connectivity index (χ3n) is 3.57. The minimum Gasteiger partial charge on any atom is -0.494 e. The molecule has 0 aromatic heterocycles. The van der Waals surface area contributed by atoms with Crippen LogP contribution in [0.3, 0.4) is 0 Å². The van der Waals surface area contributed by atoms with Gasteiger partial charge in [-0.05, 0) is 59.1 Å². The van der Waals surface area contributed by atoms with Crippen LogP contribution in [0.2, 0.25) is 0 Å². The summed E-state index contributed by atoms with van der Waals surface area (Å²) in [7, 11) is 0. The molecular weight excluding hydrogens is 246 g/mol. The molecule has 1 N–H and O–H groups in total.